The highest BCUT2D eigenvalue weighted by Crippen LogP contribution is 2.33. The number of hydrogen-bond donors (Lipinski definition) is 1. The number of likely N-dealkylation sites (tertiary alicyclic amines) is 1. The van der Waals surface area contributed by atoms with E-state index in [1.54, 1.807) is 0 Å². The van der Waals surface area contributed by atoms with Crippen molar-refractivity contribution in [3.05, 3.63) is 0 Å². The van der Waals surface area contributed by atoms with Crippen LogP contribution in [0.5, 0.6) is 0 Å². The zero-order valence-corrected chi connectivity index (χ0v) is 12.9. The van der Waals surface area contributed by atoms with E-state index in [0.717, 1.165) is 23.6 Å². The van der Waals surface area contributed by atoms with E-state index in [0.29, 0.717) is 6.04 Å². The van der Waals surface area contributed by atoms with Crippen LogP contribution < -0.4 is 5.73 Å². The molecule has 1 unspecified atom stereocenters. The molecule has 0 aromatic heterocycles. The molecule has 1 aliphatic heterocycles. The molecule has 0 radical (unpaired) electrons. The van der Waals surface area contributed by atoms with Crippen molar-refractivity contribution in [3.8, 4) is 0 Å². The summed E-state index contributed by atoms with van der Waals surface area (Å²) >= 11 is 2.05. The Kier molecular flexibility index (Phi) is 5.84. The summed E-state index contributed by atoms with van der Waals surface area (Å²) in [6, 6.07) is 0.667. The predicted octanol–water partition coefficient (Wildman–Crippen LogP) is 2.97. The Labute approximate surface area is 117 Å². The van der Waals surface area contributed by atoms with Crippen molar-refractivity contribution in [1.29, 1.82) is 0 Å². The summed E-state index contributed by atoms with van der Waals surface area (Å²) in [7, 11) is 0. The Morgan fingerprint density at radius 2 is 1.72 bits per heavy atom. The lowest BCUT2D eigenvalue weighted by Gasteiger charge is -2.42. The molecule has 18 heavy (non-hydrogen) atoms. The van der Waals surface area contributed by atoms with E-state index in [1.165, 1.54) is 51.6 Å². The standard InChI is InChI=1S/C15H30N2S/c1-12-3-5-13(6-4-12)15(11-16)17-9-7-14(18-2)8-10-17/h12-15H,3-11,16H2,1-2H3. The Morgan fingerprint density at radius 3 is 2.22 bits per heavy atom. The van der Waals surface area contributed by atoms with Gasteiger partial charge in [-0.25, -0.2) is 0 Å². The molecule has 0 amide bonds. The van der Waals surface area contributed by atoms with E-state index in [4.69, 9.17) is 5.73 Å². The maximum atomic E-state index is 6.09. The van der Waals surface area contributed by atoms with Gasteiger partial charge in [0.1, 0.15) is 0 Å². The summed E-state index contributed by atoms with van der Waals surface area (Å²) in [5.74, 6) is 1.82. The number of nitrogens with two attached hydrogens (primary N) is 1. The van der Waals surface area contributed by atoms with Crippen LogP contribution in [-0.2, 0) is 0 Å². The minimum Gasteiger partial charge on any atom is -0.329 e. The lowest BCUT2D eigenvalue weighted by Crippen LogP contribution is -2.50. The Balaban J connectivity index is 1.85. The highest BCUT2D eigenvalue weighted by molar-refractivity contribution is 7.99. The van der Waals surface area contributed by atoms with E-state index in [1.807, 2.05) is 11.8 Å². The van der Waals surface area contributed by atoms with Gasteiger partial charge in [-0.3, -0.25) is 4.90 Å². The van der Waals surface area contributed by atoms with Crippen LogP contribution in [0, 0.1) is 11.8 Å². The first kappa shape index (κ1) is 14.7. The van der Waals surface area contributed by atoms with Gasteiger partial charge in [0.25, 0.3) is 0 Å². The fourth-order valence-corrected chi connectivity index (χ4v) is 4.44. The molecule has 2 N–H and O–H groups in total. The molecule has 1 atom stereocenters. The number of thioether (sulfide) groups is 1. The van der Waals surface area contributed by atoms with Gasteiger partial charge >= 0.3 is 0 Å². The van der Waals surface area contributed by atoms with Crippen LogP contribution in [0.15, 0.2) is 0 Å². The third-order valence-electron chi connectivity index (χ3n) is 5.13. The van der Waals surface area contributed by atoms with Crippen LogP contribution in [0.2, 0.25) is 0 Å². The molecule has 0 aromatic rings. The summed E-state index contributed by atoms with van der Waals surface area (Å²) < 4.78 is 0. The van der Waals surface area contributed by atoms with Gasteiger partial charge in [-0.15, -0.1) is 0 Å². The molecule has 1 heterocycles. The smallest absolute Gasteiger partial charge is 0.0246 e. The van der Waals surface area contributed by atoms with Crippen LogP contribution in [-0.4, -0.2) is 42.1 Å². The van der Waals surface area contributed by atoms with Gasteiger partial charge in [0, 0.05) is 17.8 Å². The van der Waals surface area contributed by atoms with Gasteiger partial charge < -0.3 is 5.73 Å². The molecule has 0 spiro atoms. The molecule has 2 fully saturated rings. The van der Waals surface area contributed by atoms with Crippen LogP contribution in [0.4, 0.5) is 0 Å². The summed E-state index contributed by atoms with van der Waals surface area (Å²) in [6.07, 6.45) is 10.6. The second-order valence-electron chi connectivity index (χ2n) is 6.29. The highest BCUT2D eigenvalue weighted by atomic mass is 32.2. The monoisotopic (exact) mass is 270 g/mol. The zero-order valence-electron chi connectivity index (χ0n) is 12.1. The quantitative estimate of drug-likeness (QED) is 0.851. The molecular formula is C15H30N2S. The maximum Gasteiger partial charge on any atom is 0.0246 e. The average Bonchev–Trinajstić information content (AvgIpc) is 2.42. The number of hydrogen-bond acceptors (Lipinski definition) is 3. The first-order valence-corrected chi connectivity index (χ1v) is 9.00. The molecule has 0 bridgehead atoms. The molecule has 0 aromatic carbocycles. The number of nitrogens with zero attached hydrogens (tertiary/aromatic N) is 1. The van der Waals surface area contributed by atoms with E-state index < -0.39 is 0 Å². The fourth-order valence-electron chi connectivity index (χ4n) is 3.75. The minimum atomic E-state index is 0.667. The van der Waals surface area contributed by atoms with Crippen LogP contribution in [0.3, 0.4) is 0 Å². The topological polar surface area (TPSA) is 29.3 Å². The van der Waals surface area contributed by atoms with E-state index in [-0.39, 0.29) is 0 Å². The molecule has 2 aliphatic rings. The minimum absolute atomic E-state index is 0.667. The predicted molar refractivity (Wildman–Crippen MR) is 82.1 cm³/mol. The van der Waals surface area contributed by atoms with Crippen LogP contribution in [0.1, 0.15) is 45.4 Å². The molecule has 106 valence electrons. The maximum absolute atomic E-state index is 6.09. The molecular weight excluding hydrogens is 240 g/mol. The van der Waals surface area contributed by atoms with Gasteiger partial charge in [0.05, 0.1) is 0 Å². The van der Waals surface area contributed by atoms with Crippen LogP contribution >= 0.6 is 11.8 Å². The van der Waals surface area contributed by atoms with Gasteiger partial charge in [0.15, 0.2) is 0 Å². The van der Waals surface area contributed by atoms with Crippen LogP contribution in [0.25, 0.3) is 0 Å². The SMILES string of the molecule is CSC1CCN(C(CN)C2CCC(C)CC2)CC1. The first-order valence-electron chi connectivity index (χ1n) is 7.71. The van der Waals surface area contributed by atoms with E-state index in [2.05, 4.69) is 18.1 Å². The lowest BCUT2D eigenvalue weighted by atomic mass is 9.78. The third kappa shape index (κ3) is 3.64. The largest absolute Gasteiger partial charge is 0.329 e. The number of rotatable bonds is 4. The number of piperidine rings is 1. The Bertz CT molecular complexity index is 231. The van der Waals surface area contributed by atoms with Gasteiger partial charge in [-0.2, -0.15) is 11.8 Å². The van der Waals surface area contributed by atoms with E-state index >= 15 is 0 Å². The molecule has 3 heteroatoms. The molecule has 1 saturated carbocycles. The molecule has 1 aliphatic carbocycles. The normalized spacial score (nSPS) is 33.5. The van der Waals surface area contributed by atoms with Crippen molar-refractivity contribution in [2.75, 3.05) is 25.9 Å². The summed E-state index contributed by atoms with van der Waals surface area (Å²) in [4.78, 5) is 2.70. The Morgan fingerprint density at radius 1 is 1.11 bits per heavy atom. The van der Waals surface area contributed by atoms with E-state index in [9.17, 15) is 0 Å². The van der Waals surface area contributed by atoms with Crippen molar-refractivity contribution >= 4 is 11.8 Å². The summed E-state index contributed by atoms with van der Waals surface area (Å²) in [6.45, 7) is 5.82. The molecule has 1 saturated heterocycles. The van der Waals surface area contributed by atoms with Gasteiger partial charge in [-0.1, -0.05) is 19.8 Å². The second kappa shape index (κ2) is 7.16. The summed E-state index contributed by atoms with van der Waals surface area (Å²) in [5, 5.41) is 0.894. The fraction of sp³-hybridized carbons (Fsp3) is 1.00. The van der Waals surface area contributed by atoms with Gasteiger partial charge in [-0.05, 0) is 56.9 Å². The lowest BCUT2D eigenvalue weighted by molar-refractivity contribution is 0.0954. The van der Waals surface area contributed by atoms with Crippen molar-refractivity contribution < 1.29 is 0 Å². The van der Waals surface area contributed by atoms with Crippen molar-refractivity contribution in [2.45, 2.75) is 56.7 Å². The highest BCUT2D eigenvalue weighted by Gasteiger charge is 2.31. The average molecular weight is 270 g/mol. The molecule has 2 rings (SSSR count). The zero-order chi connectivity index (χ0) is 13.0. The van der Waals surface area contributed by atoms with Crippen molar-refractivity contribution in [1.82, 2.24) is 4.90 Å². The summed E-state index contributed by atoms with van der Waals surface area (Å²) in [5.41, 5.74) is 6.09. The van der Waals surface area contributed by atoms with Crippen molar-refractivity contribution in [3.63, 3.8) is 0 Å². The third-order valence-corrected chi connectivity index (χ3v) is 6.26. The Hall–Kier alpha value is 0.270. The molecule has 2 nitrogen and oxygen atoms in total. The van der Waals surface area contributed by atoms with Crippen molar-refractivity contribution in [2.24, 2.45) is 17.6 Å². The second-order valence-corrected chi connectivity index (χ2v) is 7.43. The first-order chi connectivity index (χ1) is 8.74. The van der Waals surface area contributed by atoms with Gasteiger partial charge in [0.2, 0.25) is 0 Å².